The van der Waals surface area contributed by atoms with E-state index in [4.69, 9.17) is 11.5 Å². The third-order valence-corrected chi connectivity index (χ3v) is 9.41. The Morgan fingerprint density at radius 2 is 1.76 bits per heavy atom. The van der Waals surface area contributed by atoms with E-state index in [2.05, 4.69) is 110 Å². The van der Waals surface area contributed by atoms with Gasteiger partial charge in [0.2, 0.25) is 0 Å². The molecule has 1 aliphatic carbocycles. The third-order valence-electron chi connectivity index (χ3n) is 8.19. The molecule has 4 heteroatoms. The molecule has 0 saturated carbocycles. The van der Waals surface area contributed by atoms with Crippen molar-refractivity contribution in [1.29, 1.82) is 0 Å². The highest BCUT2D eigenvalue weighted by Crippen LogP contribution is 2.41. The molecule has 0 saturated heterocycles. The molecule has 4 aromatic carbocycles. The molecule has 0 unspecified atom stereocenters. The molecule has 5 aromatic rings. The highest BCUT2D eigenvalue weighted by atomic mass is 32.1. The van der Waals surface area contributed by atoms with Crippen molar-refractivity contribution >= 4 is 54.6 Å². The number of hydrogen-bond acceptors (Lipinski definition) is 4. The van der Waals surface area contributed by atoms with Crippen LogP contribution < -0.4 is 16.8 Å². The topological polar surface area (TPSA) is 64.1 Å². The van der Waals surface area contributed by atoms with E-state index < -0.39 is 0 Å². The second kappa shape index (κ2) is 13.1. The SMILES string of the molecule is C=CC(=C\C(=C)C1=CC=CCC1)/C(N)=C/Cc1cccc(-c2ccc3sc4c(Nc5ccc(N)cc5C=C)cccc4c3c2)c1. The minimum atomic E-state index is 0.707. The van der Waals surface area contributed by atoms with E-state index >= 15 is 0 Å². The number of nitrogen functional groups attached to an aromatic ring is 1. The van der Waals surface area contributed by atoms with Crippen molar-refractivity contribution in [2.45, 2.75) is 19.3 Å². The van der Waals surface area contributed by atoms with Gasteiger partial charge in [0.15, 0.2) is 0 Å². The number of benzene rings is 4. The fourth-order valence-corrected chi connectivity index (χ4v) is 6.87. The van der Waals surface area contributed by atoms with Gasteiger partial charge in [-0.1, -0.05) is 98.7 Å². The van der Waals surface area contributed by atoms with Gasteiger partial charge in [-0.2, -0.15) is 0 Å². The van der Waals surface area contributed by atoms with E-state index in [1.807, 2.05) is 36.4 Å². The molecule has 45 heavy (non-hydrogen) atoms. The summed E-state index contributed by atoms with van der Waals surface area (Å²) in [5.41, 5.74) is 23.7. The monoisotopic (exact) mass is 603 g/mol. The van der Waals surface area contributed by atoms with Crippen molar-refractivity contribution in [3.8, 4) is 11.1 Å². The van der Waals surface area contributed by atoms with E-state index in [9.17, 15) is 0 Å². The molecule has 1 heterocycles. The number of thiophene rings is 1. The Morgan fingerprint density at radius 3 is 2.56 bits per heavy atom. The number of fused-ring (bicyclic) bond motifs is 3. The smallest absolute Gasteiger partial charge is 0.0590 e. The summed E-state index contributed by atoms with van der Waals surface area (Å²) in [4.78, 5) is 0. The van der Waals surface area contributed by atoms with Crippen LogP contribution in [-0.2, 0) is 6.42 Å². The normalized spacial score (nSPS) is 13.6. The van der Waals surface area contributed by atoms with Crippen molar-refractivity contribution in [1.82, 2.24) is 0 Å². The van der Waals surface area contributed by atoms with Crippen LogP contribution in [0.2, 0.25) is 0 Å². The minimum absolute atomic E-state index is 0.707. The number of nitrogens with one attached hydrogen (secondary N) is 1. The van der Waals surface area contributed by atoms with E-state index in [-0.39, 0.29) is 0 Å². The predicted molar refractivity (Wildman–Crippen MR) is 199 cm³/mol. The molecular weight excluding hydrogens is 567 g/mol. The number of anilines is 3. The Hall–Kier alpha value is -5.32. The van der Waals surface area contributed by atoms with Crippen molar-refractivity contribution in [2.24, 2.45) is 5.73 Å². The van der Waals surface area contributed by atoms with E-state index in [0.717, 1.165) is 53.0 Å². The van der Waals surface area contributed by atoms with Gasteiger partial charge in [-0.15, -0.1) is 11.3 Å². The maximum Gasteiger partial charge on any atom is 0.0590 e. The summed E-state index contributed by atoms with van der Waals surface area (Å²) in [6, 6.07) is 27.7. The van der Waals surface area contributed by atoms with Crippen LogP contribution in [0.3, 0.4) is 0 Å². The summed E-state index contributed by atoms with van der Waals surface area (Å²) in [5.74, 6) is 0. The second-order valence-electron chi connectivity index (χ2n) is 11.2. The summed E-state index contributed by atoms with van der Waals surface area (Å²) in [6.07, 6.45) is 16.9. The number of hydrogen-bond donors (Lipinski definition) is 3. The van der Waals surface area contributed by atoms with E-state index in [0.29, 0.717) is 5.70 Å². The molecule has 0 fully saturated rings. The molecular formula is C41H37N3S. The molecule has 3 nitrogen and oxygen atoms in total. The van der Waals surface area contributed by atoms with E-state index in [1.165, 1.54) is 42.4 Å². The first-order chi connectivity index (χ1) is 21.9. The Morgan fingerprint density at radius 1 is 0.911 bits per heavy atom. The van der Waals surface area contributed by atoms with Crippen molar-refractivity contribution in [2.75, 3.05) is 11.1 Å². The van der Waals surface area contributed by atoms with Crippen LogP contribution in [0, 0.1) is 0 Å². The van der Waals surface area contributed by atoms with Gasteiger partial charge in [0, 0.05) is 32.5 Å². The summed E-state index contributed by atoms with van der Waals surface area (Å²) in [5, 5.41) is 6.10. The van der Waals surface area contributed by atoms with Crippen molar-refractivity contribution in [3.05, 3.63) is 169 Å². The van der Waals surface area contributed by atoms with Crippen LogP contribution in [0.4, 0.5) is 17.1 Å². The van der Waals surface area contributed by atoms with Crippen LogP contribution in [0.15, 0.2) is 157 Å². The first kappa shape index (κ1) is 29.7. The molecule has 0 aliphatic heterocycles. The zero-order valence-electron chi connectivity index (χ0n) is 25.4. The summed E-state index contributed by atoms with van der Waals surface area (Å²) >= 11 is 1.80. The standard InChI is InChI=1S/C41H37N3S/c1-4-29(23-27(3)31-12-7-6-8-13-31)37(43)20-17-28-11-9-14-32(24-28)33-18-22-40-36(26-33)35-15-10-16-39(41(35)45-40)44-38-21-19-34(42)25-30(38)5-2/h4-7,9-12,14-16,18-26,44H,1-3,8,13,17,42-43H2/b29-23+,37-20-. The summed E-state index contributed by atoms with van der Waals surface area (Å²) in [6.45, 7) is 12.2. The third kappa shape index (κ3) is 6.47. The molecule has 6 rings (SSSR count). The van der Waals surface area contributed by atoms with Gasteiger partial charge in [-0.3, -0.25) is 0 Å². The highest BCUT2D eigenvalue weighted by Gasteiger charge is 2.12. The lowest BCUT2D eigenvalue weighted by atomic mass is 9.96. The maximum absolute atomic E-state index is 6.52. The Bertz CT molecular complexity index is 2080. The van der Waals surface area contributed by atoms with Gasteiger partial charge in [-0.25, -0.2) is 0 Å². The molecule has 0 spiro atoms. The Balaban J connectivity index is 1.26. The maximum atomic E-state index is 6.52. The van der Waals surface area contributed by atoms with Crippen LogP contribution >= 0.6 is 11.3 Å². The molecule has 5 N–H and O–H groups in total. The average molecular weight is 604 g/mol. The lowest BCUT2D eigenvalue weighted by Crippen LogP contribution is -2.01. The van der Waals surface area contributed by atoms with Crippen molar-refractivity contribution in [3.63, 3.8) is 0 Å². The molecule has 0 atom stereocenters. The molecule has 0 radical (unpaired) electrons. The first-order valence-corrected chi connectivity index (χ1v) is 15.9. The largest absolute Gasteiger partial charge is 0.399 e. The molecule has 0 bridgehead atoms. The van der Waals surface area contributed by atoms with Crippen LogP contribution in [0.25, 0.3) is 37.4 Å². The van der Waals surface area contributed by atoms with Crippen LogP contribution in [-0.4, -0.2) is 0 Å². The van der Waals surface area contributed by atoms with Crippen LogP contribution in [0.5, 0.6) is 0 Å². The Labute approximate surface area is 269 Å². The lowest BCUT2D eigenvalue weighted by molar-refractivity contribution is 0.978. The Kier molecular flexibility index (Phi) is 8.68. The zero-order valence-corrected chi connectivity index (χ0v) is 26.2. The fraction of sp³-hybridized carbons (Fsp3) is 0.0732. The second-order valence-corrected chi connectivity index (χ2v) is 12.3. The quantitative estimate of drug-likeness (QED) is 0.110. The summed E-state index contributed by atoms with van der Waals surface area (Å²) in [7, 11) is 0. The predicted octanol–water partition coefficient (Wildman–Crippen LogP) is 11.0. The van der Waals surface area contributed by atoms with Gasteiger partial charge < -0.3 is 16.8 Å². The molecule has 1 aromatic heterocycles. The number of rotatable bonds is 10. The number of allylic oxidation sites excluding steroid dienone is 8. The van der Waals surface area contributed by atoms with Gasteiger partial charge in [0.1, 0.15) is 0 Å². The molecule has 0 amide bonds. The molecule has 222 valence electrons. The van der Waals surface area contributed by atoms with Crippen LogP contribution in [0.1, 0.15) is 24.0 Å². The van der Waals surface area contributed by atoms with Crippen molar-refractivity contribution < 1.29 is 0 Å². The average Bonchev–Trinajstić information content (AvgIpc) is 3.46. The van der Waals surface area contributed by atoms with Gasteiger partial charge in [-0.05, 0) is 101 Å². The lowest BCUT2D eigenvalue weighted by Gasteiger charge is -2.11. The fourth-order valence-electron chi connectivity index (χ4n) is 5.72. The minimum Gasteiger partial charge on any atom is -0.399 e. The molecule has 1 aliphatic rings. The van der Waals surface area contributed by atoms with Gasteiger partial charge >= 0.3 is 0 Å². The highest BCUT2D eigenvalue weighted by molar-refractivity contribution is 7.26. The summed E-state index contributed by atoms with van der Waals surface area (Å²) < 4.78 is 2.47. The number of nitrogens with two attached hydrogens (primary N) is 2. The first-order valence-electron chi connectivity index (χ1n) is 15.1. The van der Waals surface area contributed by atoms with E-state index in [1.54, 1.807) is 11.3 Å². The van der Waals surface area contributed by atoms with Gasteiger partial charge in [0.25, 0.3) is 0 Å². The zero-order chi connectivity index (χ0) is 31.3. The van der Waals surface area contributed by atoms with Gasteiger partial charge in [0.05, 0.1) is 10.4 Å².